The lowest BCUT2D eigenvalue weighted by Gasteiger charge is -2.03. The second-order valence-corrected chi connectivity index (χ2v) is 5.20. The molecule has 0 heterocycles. The number of nitrogens with zero attached hydrogens (tertiary/aromatic N) is 1. The topological polar surface area (TPSA) is 23.8 Å². The second kappa shape index (κ2) is 5.20. The maximum Gasteiger partial charge on any atom is 0.100 e. The smallest absolute Gasteiger partial charge is 0.100 e. The highest BCUT2D eigenvalue weighted by molar-refractivity contribution is 9.10. The van der Waals surface area contributed by atoms with E-state index in [1.807, 2.05) is 48.5 Å². The molecule has 0 saturated carbocycles. The second-order valence-electron chi connectivity index (χ2n) is 3.17. The largest absolute Gasteiger partial charge is 0.192 e. The monoisotopic (exact) mass is 289 g/mol. The maximum atomic E-state index is 8.98. The van der Waals surface area contributed by atoms with Gasteiger partial charge in [-0.3, -0.25) is 0 Å². The lowest BCUT2D eigenvalue weighted by Crippen LogP contribution is -1.80. The maximum absolute atomic E-state index is 8.98. The van der Waals surface area contributed by atoms with Crippen LogP contribution in [0.5, 0.6) is 0 Å². The summed E-state index contributed by atoms with van der Waals surface area (Å²) in [4.78, 5) is 2.11. The third kappa shape index (κ3) is 2.66. The van der Waals surface area contributed by atoms with E-state index in [4.69, 9.17) is 5.26 Å². The summed E-state index contributed by atoms with van der Waals surface area (Å²) in [5.41, 5.74) is 0.715. The first-order valence-corrected chi connectivity index (χ1v) is 6.33. The molecule has 3 heteroatoms. The van der Waals surface area contributed by atoms with Gasteiger partial charge >= 0.3 is 0 Å². The SMILES string of the molecule is N#Cc1ccccc1Sc1cccc(Br)c1. The van der Waals surface area contributed by atoms with Crippen LogP contribution in [0.15, 0.2) is 62.8 Å². The Morgan fingerprint density at radius 1 is 1.06 bits per heavy atom. The van der Waals surface area contributed by atoms with Crippen molar-refractivity contribution < 1.29 is 0 Å². The quantitative estimate of drug-likeness (QED) is 0.814. The van der Waals surface area contributed by atoms with Crippen LogP contribution in [-0.2, 0) is 0 Å². The summed E-state index contributed by atoms with van der Waals surface area (Å²) in [6.45, 7) is 0. The third-order valence-corrected chi connectivity index (χ3v) is 3.59. The number of rotatable bonds is 2. The highest BCUT2D eigenvalue weighted by Gasteiger charge is 2.03. The normalized spacial score (nSPS) is 9.75. The minimum absolute atomic E-state index is 0.715. The first-order chi connectivity index (χ1) is 7.79. The molecule has 0 N–H and O–H groups in total. The van der Waals surface area contributed by atoms with Crippen LogP contribution in [0.4, 0.5) is 0 Å². The van der Waals surface area contributed by atoms with Gasteiger partial charge < -0.3 is 0 Å². The van der Waals surface area contributed by atoms with E-state index in [-0.39, 0.29) is 0 Å². The van der Waals surface area contributed by atoms with Crippen molar-refractivity contribution in [1.82, 2.24) is 0 Å². The van der Waals surface area contributed by atoms with Gasteiger partial charge in [0.25, 0.3) is 0 Å². The predicted octanol–water partition coefficient (Wildman–Crippen LogP) is 4.47. The molecule has 0 spiro atoms. The van der Waals surface area contributed by atoms with Crippen LogP contribution in [0.2, 0.25) is 0 Å². The molecule has 16 heavy (non-hydrogen) atoms. The molecule has 2 aromatic rings. The molecular weight excluding hydrogens is 282 g/mol. The minimum Gasteiger partial charge on any atom is -0.192 e. The van der Waals surface area contributed by atoms with Gasteiger partial charge in [0, 0.05) is 14.3 Å². The van der Waals surface area contributed by atoms with Gasteiger partial charge in [0.15, 0.2) is 0 Å². The summed E-state index contributed by atoms with van der Waals surface area (Å²) in [6.07, 6.45) is 0. The van der Waals surface area contributed by atoms with Gasteiger partial charge in [0.1, 0.15) is 6.07 Å². The average Bonchev–Trinajstić information content (AvgIpc) is 2.30. The summed E-state index contributed by atoms with van der Waals surface area (Å²) in [5.74, 6) is 0. The number of benzene rings is 2. The lowest BCUT2D eigenvalue weighted by atomic mass is 10.2. The van der Waals surface area contributed by atoms with Crippen molar-refractivity contribution in [2.24, 2.45) is 0 Å². The van der Waals surface area contributed by atoms with E-state index in [0.29, 0.717) is 5.56 Å². The molecule has 78 valence electrons. The van der Waals surface area contributed by atoms with E-state index in [2.05, 4.69) is 22.0 Å². The van der Waals surface area contributed by atoms with Crippen LogP contribution in [-0.4, -0.2) is 0 Å². The molecule has 0 unspecified atom stereocenters. The Bertz CT molecular complexity index is 546. The van der Waals surface area contributed by atoms with Gasteiger partial charge in [-0.05, 0) is 30.3 Å². The fourth-order valence-electron chi connectivity index (χ4n) is 1.31. The van der Waals surface area contributed by atoms with Crippen molar-refractivity contribution in [2.75, 3.05) is 0 Å². The number of hydrogen-bond donors (Lipinski definition) is 0. The van der Waals surface area contributed by atoms with E-state index < -0.39 is 0 Å². The highest BCUT2D eigenvalue weighted by Crippen LogP contribution is 2.31. The summed E-state index contributed by atoms with van der Waals surface area (Å²) in [7, 11) is 0. The van der Waals surface area contributed by atoms with E-state index in [1.54, 1.807) is 11.8 Å². The van der Waals surface area contributed by atoms with Gasteiger partial charge in [-0.25, -0.2) is 0 Å². The fourth-order valence-corrected chi connectivity index (χ4v) is 2.81. The molecule has 0 aromatic heterocycles. The van der Waals surface area contributed by atoms with Gasteiger partial charge in [-0.15, -0.1) is 0 Å². The first kappa shape index (κ1) is 11.3. The van der Waals surface area contributed by atoms with Gasteiger partial charge in [0.05, 0.1) is 5.56 Å². The van der Waals surface area contributed by atoms with Gasteiger partial charge in [-0.1, -0.05) is 45.9 Å². The van der Waals surface area contributed by atoms with Crippen LogP contribution in [0.3, 0.4) is 0 Å². The van der Waals surface area contributed by atoms with Gasteiger partial charge in [-0.2, -0.15) is 5.26 Å². The van der Waals surface area contributed by atoms with E-state index >= 15 is 0 Å². The number of hydrogen-bond acceptors (Lipinski definition) is 2. The van der Waals surface area contributed by atoms with Crippen molar-refractivity contribution in [3.63, 3.8) is 0 Å². The Hall–Kier alpha value is -1.24. The molecule has 0 bridgehead atoms. The standard InChI is InChI=1S/C13H8BrNS/c14-11-5-3-6-12(8-11)16-13-7-2-1-4-10(13)9-15/h1-8H. The zero-order chi connectivity index (χ0) is 11.4. The molecule has 0 amide bonds. The first-order valence-electron chi connectivity index (χ1n) is 4.72. The zero-order valence-electron chi connectivity index (χ0n) is 8.35. The molecule has 0 aliphatic heterocycles. The number of halogens is 1. The molecule has 2 rings (SSSR count). The zero-order valence-corrected chi connectivity index (χ0v) is 10.8. The Balaban J connectivity index is 2.31. The minimum atomic E-state index is 0.715. The highest BCUT2D eigenvalue weighted by atomic mass is 79.9. The van der Waals surface area contributed by atoms with Crippen LogP contribution in [0.25, 0.3) is 0 Å². The Morgan fingerprint density at radius 3 is 2.62 bits per heavy atom. The molecule has 0 fully saturated rings. The molecule has 0 aliphatic rings. The summed E-state index contributed by atoms with van der Waals surface area (Å²) < 4.78 is 1.05. The van der Waals surface area contributed by atoms with E-state index in [1.165, 1.54) is 0 Å². The predicted molar refractivity (Wildman–Crippen MR) is 69.4 cm³/mol. The molecule has 2 aromatic carbocycles. The summed E-state index contributed by atoms with van der Waals surface area (Å²) in [5, 5.41) is 8.98. The average molecular weight is 290 g/mol. The Labute approximate surface area is 107 Å². The van der Waals surface area contributed by atoms with Gasteiger partial charge in [0.2, 0.25) is 0 Å². The van der Waals surface area contributed by atoms with Crippen molar-refractivity contribution in [3.05, 3.63) is 58.6 Å². The van der Waals surface area contributed by atoms with Crippen molar-refractivity contribution >= 4 is 27.7 Å². The van der Waals surface area contributed by atoms with Crippen LogP contribution in [0, 0.1) is 11.3 Å². The van der Waals surface area contributed by atoms with Crippen molar-refractivity contribution in [3.8, 4) is 6.07 Å². The molecular formula is C13H8BrNS. The third-order valence-electron chi connectivity index (χ3n) is 2.03. The van der Waals surface area contributed by atoms with Crippen LogP contribution >= 0.6 is 27.7 Å². The molecule has 0 aliphatic carbocycles. The molecule has 0 radical (unpaired) electrons. The number of nitriles is 1. The van der Waals surface area contributed by atoms with Crippen LogP contribution < -0.4 is 0 Å². The molecule has 1 nitrogen and oxygen atoms in total. The Kier molecular flexibility index (Phi) is 3.66. The fraction of sp³-hybridized carbons (Fsp3) is 0. The van der Waals surface area contributed by atoms with E-state index in [0.717, 1.165) is 14.3 Å². The Morgan fingerprint density at radius 2 is 1.88 bits per heavy atom. The molecule has 0 atom stereocenters. The van der Waals surface area contributed by atoms with Crippen LogP contribution in [0.1, 0.15) is 5.56 Å². The summed E-state index contributed by atoms with van der Waals surface area (Å²) in [6, 6.07) is 17.9. The van der Waals surface area contributed by atoms with E-state index in [9.17, 15) is 0 Å². The molecule has 0 saturated heterocycles. The summed E-state index contributed by atoms with van der Waals surface area (Å²) >= 11 is 5.03. The lowest BCUT2D eigenvalue weighted by molar-refractivity contribution is 1.35. The van der Waals surface area contributed by atoms with Crippen molar-refractivity contribution in [1.29, 1.82) is 5.26 Å². The van der Waals surface area contributed by atoms with Crippen molar-refractivity contribution in [2.45, 2.75) is 9.79 Å².